The number of halogens is 7. The van der Waals surface area contributed by atoms with Crippen LogP contribution in [0.1, 0.15) is 28.8 Å². The van der Waals surface area contributed by atoms with Crippen LogP contribution in [0.15, 0.2) is 59.7 Å². The molecule has 36 heavy (non-hydrogen) atoms. The third-order valence-electron chi connectivity index (χ3n) is 4.80. The van der Waals surface area contributed by atoms with Crippen LogP contribution in [0.5, 0.6) is 5.88 Å². The van der Waals surface area contributed by atoms with Gasteiger partial charge in [0.25, 0.3) is 11.5 Å². The lowest BCUT2D eigenvalue weighted by Gasteiger charge is -2.14. The number of aryl methyl sites for hydroxylation is 1. The lowest BCUT2D eigenvalue weighted by molar-refractivity contribution is -0.139. The van der Waals surface area contributed by atoms with Crippen LogP contribution in [0.4, 0.5) is 36.4 Å². The van der Waals surface area contributed by atoms with E-state index in [9.17, 15) is 40.3 Å². The number of rotatable bonds is 8. The van der Waals surface area contributed by atoms with Crippen molar-refractivity contribution >= 4 is 11.6 Å². The van der Waals surface area contributed by atoms with Gasteiger partial charge in [0.2, 0.25) is 5.88 Å². The fourth-order valence-electron chi connectivity index (χ4n) is 3.13. The van der Waals surface area contributed by atoms with E-state index in [4.69, 9.17) is 4.74 Å². The van der Waals surface area contributed by atoms with Crippen LogP contribution < -0.4 is 15.6 Å². The molecule has 0 atom stereocenters. The Morgan fingerprint density at radius 2 is 1.72 bits per heavy atom. The molecule has 0 bridgehead atoms. The van der Waals surface area contributed by atoms with Crippen molar-refractivity contribution < 1.29 is 40.3 Å². The predicted molar refractivity (Wildman–Crippen MR) is 115 cm³/mol. The second-order valence-electron chi connectivity index (χ2n) is 7.54. The smallest absolute Gasteiger partial charge is 0.392 e. The number of alkyl halides is 6. The Hall–Kier alpha value is -3.90. The van der Waals surface area contributed by atoms with Crippen molar-refractivity contribution in [2.24, 2.45) is 0 Å². The minimum Gasteiger partial charge on any atom is -0.477 e. The van der Waals surface area contributed by atoms with Crippen LogP contribution in [0.25, 0.3) is 5.69 Å². The van der Waals surface area contributed by atoms with Gasteiger partial charge in [-0.15, -0.1) is 0 Å². The Kier molecular flexibility index (Phi) is 8.00. The molecule has 0 aliphatic carbocycles. The first-order chi connectivity index (χ1) is 16.8. The van der Waals surface area contributed by atoms with Gasteiger partial charge in [-0.1, -0.05) is 0 Å². The van der Waals surface area contributed by atoms with Crippen molar-refractivity contribution in [3.8, 4) is 11.6 Å². The van der Waals surface area contributed by atoms with E-state index in [1.54, 1.807) is 0 Å². The molecule has 0 saturated carbocycles. The zero-order valence-corrected chi connectivity index (χ0v) is 18.3. The van der Waals surface area contributed by atoms with Gasteiger partial charge in [0.15, 0.2) is 0 Å². The summed E-state index contributed by atoms with van der Waals surface area (Å²) in [5.41, 5.74) is -1.21. The molecular weight excluding hydrogens is 499 g/mol. The molecule has 1 amide bonds. The third kappa shape index (κ3) is 7.55. The molecule has 2 heterocycles. The molecule has 0 fully saturated rings. The number of aromatic nitrogens is 2. The van der Waals surface area contributed by atoms with E-state index in [0.717, 1.165) is 29.0 Å². The number of benzene rings is 1. The number of hydrogen-bond donors (Lipinski definition) is 1. The first-order valence-electron chi connectivity index (χ1n) is 10.4. The number of ether oxygens (including phenoxy) is 1. The summed E-state index contributed by atoms with van der Waals surface area (Å²) >= 11 is 0. The van der Waals surface area contributed by atoms with Gasteiger partial charge >= 0.3 is 12.4 Å². The summed E-state index contributed by atoms with van der Waals surface area (Å²) in [7, 11) is 0. The van der Waals surface area contributed by atoms with Crippen LogP contribution in [-0.4, -0.2) is 34.4 Å². The van der Waals surface area contributed by atoms with Crippen LogP contribution in [-0.2, 0) is 6.42 Å². The minimum atomic E-state index is -4.50. The Bertz CT molecular complexity index is 1270. The summed E-state index contributed by atoms with van der Waals surface area (Å²) in [6.45, 7) is -0.639. The summed E-state index contributed by atoms with van der Waals surface area (Å²) in [5, 5.41) is 2.39. The molecule has 0 aliphatic rings. The van der Waals surface area contributed by atoms with Crippen molar-refractivity contribution in [3.63, 3.8) is 0 Å². The normalized spacial score (nSPS) is 11.9. The van der Waals surface area contributed by atoms with Gasteiger partial charge in [-0.05, 0) is 48.4 Å². The highest BCUT2D eigenvalue weighted by atomic mass is 19.4. The molecule has 2 aromatic heterocycles. The molecule has 1 N–H and O–H groups in total. The number of nitrogens with zero attached hydrogens (tertiary/aromatic N) is 2. The predicted octanol–water partition coefficient (Wildman–Crippen LogP) is 5.45. The standard InChI is InChI=1S/C23H18F7N3O3/c24-15-3-5-18(14(12-15)7-8-22(25,26)27)33-10-1-2-17(21(33)35)20(34)32-16-4-6-19(31-13-16)36-11-9-23(28,29)30/h1-6,10,12-13H,7-9,11H2,(H,32,34). The quantitative estimate of drug-likeness (QED) is 0.404. The van der Waals surface area contributed by atoms with Gasteiger partial charge in [0.05, 0.1) is 30.6 Å². The molecule has 3 aromatic rings. The highest BCUT2D eigenvalue weighted by Gasteiger charge is 2.28. The Morgan fingerprint density at radius 3 is 2.36 bits per heavy atom. The highest BCUT2D eigenvalue weighted by molar-refractivity contribution is 6.03. The molecule has 1 aromatic carbocycles. The highest BCUT2D eigenvalue weighted by Crippen LogP contribution is 2.25. The van der Waals surface area contributed by atoms with Crippen LogP contribution in [0.2, 0.25) is 0 Å². The topological polar surface area (TPSA) is 73.2 Å². The largest absolute Gasteiger partial charge is 0.477 e. The van der Waals surface area contributed by atoms with Crippen LogP contribution >= 0.6 is 0 Å². The van der Waals surface area contributed by atoms with Gasteiger partial charge in [0, 0.05) is 18.7 Å². The summed E-state index contributed by atoms with van der Waals surface area (Å²) in [6.07, 6.45) is -9.52. The van der Waals surface area contributed by atoms with Gasteiger partial charge in [-0.3, -0.25) is 14.2 Å². The van der Waals surface area contributed by atoms with Gasteiger partial charge in [-0.25, -0.2) is 9.37 Å². The zero-order chi connectivity index (χ0) is 26.5. The van der Waals surface area contributed by atoms with Crippen LogP contribution in [0, 0.1) is 5.82 Å². The first kappa shape index (κ1) is 26.7. The van der Waals surface area contributed by atoms with Gasteiger partial charge < -0.3 is 10.1 Å². The first-order valence-corrected chi connectivity index (χ1v) is 10.4. The molecule has 0 radical (unpaired) electrons. The van der Waals surface area contributed by atoms with E-state index >= 15 is 0 Å². The number of carbonyl (C=O) groups excluding carboxylic acids is 1. The Morgan fingerprint density at radius 1 is 1.00 bits per heavy atom. The molecule has 3 rings (SSSR count). The Balaban J connectivity index is 1.78. The molecule has 6 nitrogen and oxygen atoms in total. The Labute approximate surface area is 199 Å². The number of hydrogen-bond acceptors (Lipinski definition) is 4. The second-order valence-corrected chi connectivity index (χ2v) is 7.54. The van der Waals surface area contributed by atoms with Crippen molar-refractivity contribution in [3.05, 3.63) is 82.2 Å². The number of amides is 1. The lowest BCUT2D eigenvalue weighted by Crippen LogP contribution is -2.28. The number of carbonyl (C=O) groups is 1. The summed E-state index contributed by atoms with van der Waals surface area (Å²) in [4.78, 5) is 29.4. The SMILES string of the molecule is O=C(Nc1ccc(OCCC(F)(F)F)nc1)c1cccn(-c2ccc(F)cc2CCC(F)(F)F)c1=O. The molecule has 13 heteroatoms. The van der Waals surface area contributed by atoms with E-state index < -0.39 is 55.5 Å². The van der Waals surface area contributed by atoms with E-state index in [-0.39, 0.29) is 28.4 Å². The fourth-order valence-corrected chi connectivity index (χ4v) is 3.13. The summed E-state index contributed by atoms with van der Waals surface area (Å²) in [5.74, 6) is -1.76. The minimum absolute atomic E-state index is 0.0117. The maximum Gasteiger partial charge on any atom is 0.392 e. The molecule has 192 valence electrons. The van der Waals surface area contributed by atoms with Crippen molar-refractivity contribution in [1.82, 2.24) is 9.55 Å². The molecule has 0 saturated heterocycles. The number of pyridine rings is 2. The van der Waals surface area contributed by atoms with Gasteiger partial charge in [-0.2, -0.15) is 26.3 Å². The van der Waals surface area contributed by atoms with Crippen molar-refractivity contribution in [1.29, 1.82) is 0 Å². The summed E-state index contributed by atoms with van der Waals surface area (Å²) < 4.78 is 94.1. The third-order valence-corrected chi connectivity index (χ3v) is 4.80. The molecule has 0 aliphatic heterocycles. The van der Waals surface area contributed by atoms with Crippen molar-refractivity contribution in [2.75, 3.05) is 11.9 Å². The summed E-state index contributed by atoms with van der Waals surface area (Å²) in [6, 6.07) is 8.05. The van der Waals surface area contributed by atoms with Crippen molar-refractivity contribution in [2.45, 2.75) is 31.6 Å². The maximum atomic E-state index is 13.7. The van der Waals surface area contributed by atoms with Gasteiger partial charge in [0.1, 0.15) is 11.4 Å². The van der Waals surface area contributed by atoms with E-state index in [2.05, 4.69) is 10.3 Å². The average Bonchev–Trinajstić information content (AvgIpc) is 2.78. The second kappa shape index (κ2) is 10.8. The monoisotopic (exact) mass is 517 g/mol. The van der Waals surface area contributed by atoms with E-state index in [1.165, 1.54) is 30.5 Å². The number of nitrogens with one attached hydrogen (secondary N) is 1. The molecular formula is C23H18F7N3O3. The average molecular weight is 517 g/mol. The zero-order valence-electron chi connectivity index (χ0n) is 18.3. The lowest BCUT2D eigenvalue weighted by atomic mass is 10.1. The fraction of sp³-hybridized carbons (Fsp3) is 0.261. The van der Waals surface area contributed by atoms with E-state index in [0.29, 0.717) is 0 Å². The van der Waals surface area contributed by atoms with E-state index in [1.807, 2.05) is 0 Å². The maximum absolute atomic E-state index is 13.7. The molecule has 0 spiro atoms. The number of anilines is 1. The molecule has 0 unspecified atom stereocenters. The van der Waals surface area contributed by atoms with Crippen LogP contribution in [0.3, 0.4) is 0 Å².